The van der Waals surface area contributed by atoms with Gasteiger partial charge in [0.05, 0.1) is 5.84 Å². The van der Waals surface area contributed by atoms with Crippen LogP contribution in [0.25, 0.3) is 0 Å². The molecule has 0 bridgehead atoms. The Balaban J connectivity index is 2.44. The summed E-state index contributed by atoms with van der Waals surface area (Å²) in [4.78, 5) is 2.19. The fraction of sp³-hybridized carbons (Fsp3) is 0.909. The molecule has 0 radical (unpaired) electrons. The Morgan fingerprint density at radius 1 is 1.15 bits per heavy atom. The standard InChI is InChI=1S/C11H22N2/c1-3-13(4-2)11(12)10-8-6-5-7-9-10/h10,12H,3-9H2,1-2H3. The minimum Gasteiger partial charge on any atom is -0.361 e. The van der Waals surface area contributed by atoms with Gasteiger partial charge in [-0.3, -0.25) is 5.41 Å². The molecule has 13 heavy (non-hydrogen) atoms. The molecule has 2 heteroatoms. The van der Waals surface area contributed by atoms with Crippen molar-refractivity contribution < 1.29 is 0 Å². The minimum absolute atomic E-state index is 0.564. The highest BCUT2D eigenvalue weighted by atomic mass is 15.2. The highest BCUT2D eigenvalue weighted by Crippen LogP contribution is 2.25. The highest BCUT2D eigenvalue weighted by molar-refractivity contribution is 5.81. The van der Waals surface area contributed by atoms with Crippen molar-refractivity contribution in [2.75, 3.05) is 13.1 Å². The topological polar surface area (TPSA) is 27.1 Å². The fourth-order valence-electron chi connectivity index (χ4n) is 2.20. The molecule has 0 aromatic heterocycles. The van der Waals surface area contributed by atoms with E-state index >= 15 is 0 Å². The molecule has 2 nitrogen and oxygen atoms in total. The molecular weight excluding hydrogens is 160 g/mol. The van der Waals surface area contributed by atoms with Crippen LogP contribution in [-0.4, -0.2) is 23.8 Å². The Morgan fingerprint density at radius 2 is 1.69 bits per heavy atom. The van der Waals surface area contributed by atoms with E-state index in [2.05, 4.69) is 18.7 Å². The molecule has 0 aliphatic heterocycles. The molecule has 1 fully saturated rings. The van der Waals surface area contributed by atoms with E-state index in [9.17, 15) is 0 Å². The second-order valence-electron chi connectivity index (χ2n) is 3.89. The van der Waals surface area contributed by atoms with Gasteiger partial charge in [0.15, 0.2) is 0 Å². The van der Waals surface area contributed by atoms with Crippen molar-refractivity contribution in [2.45, 2.75) is 46.0 Å². The minimum atomic E-state index is 0.564. The molecule has 0 saturated heterocycles. The maximum Gasteiger partial charge on any atom is 0.0989 e. The van der Waals surface area contributed by atoms with Gasteiger partial charge in [-0.2, -0.15) is 0 Å². The Bertz CT molecular complexity index is 155. The largest absolute Gasteiger partial charge is 0.361 e. The molecule has 1 aliphatic rings. The summed E-state index contributed by atoms with van der Waals surface area (Å²) in [7, 11) is 0. The quantitative estimate of drug-likeness (QED) is 0.527. The molecule has 0 aromatic rings. The van der Waals surface area contributed by atoms with Crippen LogP contribution in [0.5, 0.6) is 0 Å². The van der Waals surface area contributed by atoms with E-state index in [0.717, 1.165) is 18.9 Å². The lowest BCUT2D eigenvalue weighted by Crippen LogP contribution is -2.36. The van der Waals surface area contributed by atoms with Crippen molar-refractivity contribution in [1.82, 2.24) is 4.90 Å². The van der Waals surface area contributed by atoms with Gasteiger partial charge in [0.1, 0.15) is 0 Å². The summed E-state index contributed by atoms with van der Waals surface area (Å²) in [5, 5.41) is 8.07. The maximum absolute atomic E-state index is 8.07. The molecular formula is C11H22N2. The summed E-state index contributed by atoms with van der Waals surface area (Å²) in [6, 6.07) is 0. The molecule has 76 valence electrons. The van der Waals surface area contributed by atoms with E-state index in [-0.39, 0.29) is 0 Å². The lowest BCUT2D eigenvalue weighted by Gasteiger charge is -2.30. The molecule has 0 aromatic carbocycles. The number of hydrogen-bond acceptors (Lipinski definition) is 1. The Labute approximate surface area is 81.8 Å². The first-order chi connectivity index (χ1) is 6.29. The highest BCUT2D eigenvalue weighted by Gasteiger charge is 2.20. The molecule has 0 heterocycles. The zero-order valence-electron chi connectivity index (χ0n) is 8.97. The zero-order chi connectivity index (χ0) is 9.68. The van der Waals surface area contributed by atoms with Crippen molar-refractivity contribution in [3.63, 3.8) is 0 Å². The third kappa shape index (κ3) is 2.71. The van der Waals surface area contributed by atoms with E-state index in [1.165, 1.54) is 32.1 Å². The second-order valence-corrected chi connectivity index (χ2v) is 3.89. The van der Waals surface area contributed by atoms with Crippen LogP contribution in [0, 0.1) is 11.3 Å². The third-order valence-electron chi connectivity index (χ3n) is 3.10. The Hall–Kier alpha value is -0.530. The fourth-order valence-corrected chi connectivity index (χ4v) is 2.20. The summed E-state index contributed by atoms with van der Waals surface area (Å²) < 4.78 is 0. The normalized spacial score (nSPS) is 18.6. The van der Waals surface area contributed by atoms with Crippen LogP contribution in [0.4, 0.5) is 0 Å². The van der Waals surface area contributed by atoms with Crippen LogP contribution >= 0.6 is 0 Å². The SMILES string of the molecule is CCN(CC)C(=N)C1CCCCC1. The van der Waals surface area contributed by atoms with Crippen molar-refractivity contribution in [2.24, 2.45) is 5.92 Å². The number of nitrogens with one attached hydrogen (secondary N) is 1. The molecule has 1 aliphatic carbocycles. The number of amidine groups is 1. The molecule has 1 rings (SSSR count). The van der Waals surface area contributed by atoms with Crippen LogP contribution < -0.4 is 0 Å². The van der Waals surface area contributed by atoms with Gasteiger partial charge in [-0.1, -0.05) is 19.3 Å². The second kappa shape index (κ2) is 5.25. The van der Waals surface area contributed by atoms with Crippen LogP contribution in [0.1, 0.15) is 46.0 Å². The van der Waals surface area contributed by atoms with E-state index < -0.39 is 0 Å². The number of hydrogen-bond donors (Lipinski definition) is 1. The Kier molecular flexibility index (Phi) is 4.26. The van der Waals surface area contributed by atoms with Gasteiger partial charge in [0, 0.05) is 19.0 Å². The summed E-state index contributed by atoms with van der Waals surface area (Å²) in [6.45, 7) is 6.26. The van der Waals surface area contributed by atoms with Crippen molar-refractivity contribution in [3.8, 4) is 0 Å². The zero-order valence-corrected chi connectivity index (χ0v) is 8.97. The van der Waals surface area contributed by atoms with Gasteiger partial charge in [-0.25, -0.2) is 0 Å². The summed E-state index contributed by atoms with van der Waals surface area (Å²) in [6.07, 6.45) is 6.52. The number of rotatable bonds is 3. The first-order valence-corrected chi connectivity index (χ1v) is 5.63. The van der Waals surface area contributed by atoms with Crippen LogP contribution in [-0.2, 0) is 0 Å². The van der Waals surface area contributed by atoms with Gasteiger partial charge in [0.25, 0.3) is 0 Å². The van der Waals surface area contributed by atoms with Gasteiger partial charge in [0.2, 0.25) is 0 Å². The Morgan fingerprint density at radius 3 is 2.15 bits per heavy atom. The summed E-state index contributed by atoms with van der Waals surface area (Å²) in [5.74, 6) is 1.46. The predicted octanol–water partition coefficient (Wildman–Crippen LogP) is 2.89. The van der Waals surface area contributed by atoms with Crippen molar-refractivity contribution in [3.05, 3.63) is 0 Å². The lowest BCUT2D eigenvalue weighted by molar-refractivity contribution is 0.371. The smallest absolute Gasteiger partial charge is 0.0989 e. The van der Waals surface area contributed by atoms with Crippen molar-refractivity contribution in [1.29, 1.82) is 5.41 Å². The van der Waals surface area contributed by atoms with Crippen LogP contribution in [0.2, 0.25) is 0 Å². The monoisotopic (exact) mass is 182 g/mol. The van der Waals surface area contributed by atoms with E-state index in [1.807, 2.05) is 0 Å². The van der Waals surface area contributed by atoms with Gasteiger partial charge in [-0.15, -0.1) is 0 Å². The summed E-state index contributed by atoms with van der Waals surface area (Å²) >= 11 is 0. The molecule has 0 spiro atoms. The molecule has 0 atom stereocenters. The van der Waals surface area contributed by atoms with Crippen molar-refractivity contribution >= 4 is 5.84 Å². The molecule has 1 N–H and O–H groups in total. The first-order valence-electron chi connectivity index (χ1n) is 5.63. The predicted molar refractivity (Wildman–Crippen MR) is 57.2 cm³/mol. The van der Waals surface area contributed by atoms with E-state index in [1.54, 1.807) is 0 Å². The lowest BCUT2D eigenvalue weighted by atomic mass is 9.88. The van der Waals surface area contributed by atoms with Gasteiger partial charge < -0.3 is 4.90 Å². The van der Waals surface area contributed by atoms with Crippen LogP contribution in [0.3, 0.4) is 0 Å². The van der Waals surface area contributed by atoms with E-state index in [4.69, 9.17) is 5.41 Å². The van der Waals surface area contributed by atoms with E-state index in [0.29, 0.717) is 5.92 Å². The van der Waals surface area contributed by atoms with Crippen LogP contribution in [0.15, 0.2) is 0 Å². The average molecular weight is 182 g/mol. The molecule has 0 unspecified atom stereocenters. The number of nitrogens with zero attached hydrogens (tertiary/aromatic N) is 1. The summed E-state index contributed by atoms with van der Waals surface area (Å²) in [5.41, 5.74) is 0. The third-order valence-corrected chi connectivity index (χ3v) is 3.10. The van der Waals surface area contributed by atoms with Gasteiger partial charge in [-0.05, 0) is 26.7 Å². The average Bonchev–Trinajstić information content (AvgIpc) is 2.21. The maximum atomic E-state index is 8.07. The molecule has 1 saturated carbocycles. The molecule has 0 amide bonds. The first kappa shape index (κ1) is 10.6. The van der Waals surface area contributed by atoms with Gasteiger partial charge >= 0.3 is 0 Å².